The Morgan fingerprint density at radius 1 is 1.48 bits per heavy atom. The topological polar surface area (TPSA) is 86.7 Å². The van der Waals surface area contributed by atoms with E-state index in [-0.39, 0.29) is 23.1 Å². The van der Waals surface area contributed by atoms with Gasteiger partial charge in [-0.3, -0.25) is 9.59 Å². The standard InChI is InChI=1S/C15H24N2O4S2/c1-3-8(2)12(22)13(18)16-9-5-4-6-11-17(14(9)19)10(7-23-11)15(20)21/h8-12,22H,3-7H2,1-2H3,(H,16,18)(H,20,21)/t8-,9-,10-,11?,12?/m0/s1. The number of amides is 2. The molecule has 0 saturated carbocycles. The quantitative estimate of drug-likeness (QED) is 0.645. The molecular formula is C15H24N2O4S2. The number of thiol groups is 1. The van der Waals surface area contributed by atoms with Crippen molar-refractivity contribution in [3.05, 3.63) is 0 Å². The average Bonchev–Trinajstić information content (AvgIpc) is 2.89. The van der Waals surface area contributed by atoms with Crippen LogP contribution in [0.25, 0.3) is 0 Å². The molecule has 2 fully saturated rings. The normalized spacial score (nSPS) is 30.3. The molecule has 2 rings (SSSR count). The van der Waals surface area contributed by atoms with Gasteiger partial charge in [0.2, 0.25) is 11.8 Å². The highest BCUT2D eigenvalue weighted by Crippen LogP contribution is 2.35. The van der Waals surface area contributed by atoms with Gasteiger partial charge in [0.1, 0.15) is 12.1 Å². The van der Waals surface area contributed by atoms with Crippen molar-refractivity contribution in [3.8, 4) is 0 Å². The number of carbonyl (C=O) groups is 3. The first-order chi connectivity index (χ1) is 10.9. The van der Waals surface area contributed by atoms with E-state index in [4.69, 9.17) is 0 Å². The fourth-order valence-electron chi connectivity index (χ4n) is 2.94. The SMILES string of the molecule is CC[C@H](C)C(S)C(=O)N[C@H]1CCCC2SC[C@@H](C(=O)O)N2C1=O. The van der Waals surface area contributed by atoms with Gasteiger partial charge in [-0.2, -0.15) is 12.6 Å². The molecule has 0 aliphatic carbocycles. The number of rotatable bonds is 5. The maximum absolute atomic E-state index is 12.7. The number of hydrogen-bond donors (Lipinski definition) is 3. The van der Waals surface area contributed by atoms with Crippen molar-refractivity contribution in [1.82, 2.24) is 10.2 Å². The van der Waals surface area contributed by atoms with Crippen LogP contribution in [0.2, 0.25) is 0 Å². The van der Waals surface area contributed by atoms with Crippen molar-refractivity contribution in [3.63, 3.8) is 0 Å². The maximum Gasteiger partial charge on any atom is 0.327 e. The van der Waals surface area contributed by atoms with Crippen molar-refractivity contribution < 1.29 is 19.5 Å². The second kappa shape index (κ2) is 7.79. The number of nitrogens with zero attached hydrogens (tertiary/aromatic N) is 1. The van der Waals surface area contributed by atoms with Crippen LogP contribution in [0.3, 0.4) is 0 Å². The molecular weight excluding hydrogens is 336 g/mol. The van der Waals surface area contributed by atoms with Crippen molar-refractivity contribution in [1.29, 1.82) is 0 Å². The van der Waals surface area contributed by atoms with E-state index in [1.165, 1.54) is 16.7 Å². The van der Waals surface area contributed by atoms with Crippen LogP contribution >= 0.6 is 24.4 Å². The summed E-state index contributed by atoms with van der Waals surface area (Å²) in [4.78, 5) is 37.9. The van der Waals surface area contributed by atoms with Crippen molar-refractivity contribution in [2.45, 2.75) is 62.2 Å². The predicted octanol–water partition coefficient (Wildman–Crippen LogP) is 1.35. The van der Waals surface area contributed by atoms with Gasteiger partial charge in [-0.1, -0.05) is 20.3 Å². The Morgan fingerprint density at radius 3 is 2.78 bits per heavy atom. The summed E-state index contributed by atoms with van der Waals surface area (Å²) in [5.41, 5.74) is 0. The zero-order valence-corrected chi connectivity index (χ0v) is 15.1. The highest BCUT2D eigenvalue weighted by atomic mass is 32.2. The van der Waals surface area contributed by atoms with Crippen LogP contribution in [0.4, 0.5) is 0 Å². The Balaban J connectivity index is 2.09. The molecule has 0 aromatic rings. The Labute approximate surface area is 146 Å². The lowest BCUT2D eigenvalue weighted by molar-refractivity contribution is -0.150. The smallest absolute Gasteiger partial charge is 0.327 e. The highest BCUT2D eigenvalue weighted by Gasteiger charge is 2.45. The predicted molar refractivity (Wildman–Crippen MR) is 92.5 cm³/mol. The molecule has 2 heterocycles. The first kappa shape index (κ1) is 18.4. The molecule has 0 spiro atoms. The molecule has 2 N–H and O–H groups in total. The fraction of sp³-hybridized carbons (Fsp3) is 0.800. The third-order valence-corrected chi connectivity index (χ3v) is 6.74. The zero-order valence-electron chi connectivity index (χ0n) is 13.4. The van der Waals surface area contributed by atoms with Gasteiger partial charge in [0.25, 0.3) is 0 Å². The second-order valence-corrected chi connectivity index (χ2v) is 7.98. The number of carboxylic acid groups (broad SMARTS) is 1. The first-order valence-electron chi connectivity index (χ1n) is 8.01. The molecule has 2 saturated heterocycles. The van der Waals surface area contributed by atoms with E-state index >= 15 is 0 Å². The lowest BCUT2D eigenvalue weighted by Gasteiger charge is -2.29. The van der Waals surface area contributed by atoms with E-state index < -0.39 is 23.3 Å². The Bertz CT molecular complexity index is 488. The summed E-state index contributed by atoms with van der Waals surface area (Å²) in [7, 11) is 0. The molecule has 8 heteroatoms. The molecule has 0 aromatic carbocycles. The minimum atomic E-state index is -0.980. The highest BCUT2D eigenvalue weighted by molar-refractivity contribution is 8.00. The van der Waals surface area contributed by atoms with Crippen LogP contribution in [0, 0.1) is 5.92 Å². The van der Waals surface area contributed by atoms with Crippen molar-refractivity contribution >= 4 is 42.2 Å². The second-order valence-electron chi connectivity index (χ2n) is 6.21. The molecule has 2 aliphatic heterocycles. The van der Waals surface area contributed by atoms with Gasteiger partial charge < -0.3 is 15.3 Å². The van der Waals surface area contributed by atoms with Crippen LogP contribution in [0.1, 0.15) is 39.5 Å². The van der Waals surface area contributed by atoms with E-state index in [2.05, 4.69) is 17.9 Å². The third kappa shape index (κ3) is 3.96. The number of hydrogen-bond acceptors (Lipinski definition) is 5. The fourth-order valence-corrected chi connectivity index (χ4v) is 4.68. The molecule has 0 radical (unpaired) electrons. The van der Waals surface area contributed by atoms with Crippen molar-refractivity contribution in [2.75, 3.05) is 5.75 Å². The van der Waals surface area contributed by atoms with E-state index in [9.17, 15) is 19.5 Å². The minimum Gasteiger partial charge on any atom is -0.480 e. The van der Waals surface area contributed by atoms with Gasteiger partial charge in [0, 0.05) is 5.75 Å². The lowest BCUT2D eigenvalue weighted by atomic mass is 10.0. The monoisotopic (exact) mass is 360 g/mol. The Morgan fingerprint density at radius 2 is 2.17 bits per heavy atom. The number of carboxylic acids is 1. The number of nitrogens with one attached hydrogen (secondary N) is 1. The van der Waals surface area contributed by atoms with E-state index in [0.29, 0.717) is 12.2 Å². The summed E-state index contributed by atoms with van der Waals surface area (Å²) in [6.45, 7) is 3.93. The molecule has 2 aliphatic rings. The maximum atomic E-state index is 12.7. The van der Waals surface area contributed by atoms with E-state index in [0.717, 1.165) is 19.3 Å². The first-order valence-corrected chi connectivity index (χ1v) is 9.58. The number of thioether (sulfide) groups is 1. The van der Waals surface area contributed by atoms with E-state index in [1.807, 2.05) is 13.8 Å². The molecule has 130 valence electrons. The number of carbonyl (C=O) groups excluding carboxylic acids is 2. The zero-order chi connectivity index (χ0) is 17.1. The Hall–Kier alpha value is -0.890. The molecule has 2 unspecified atom stereocenters. The molecule has 23 heavy (non-hydrogen) atoms. The van der Waals surface area contributed by atoms with Gasteiger partial charge in [0.05, 0.1) is 10.6 Å². The van der Waals surface area contributed by atoms with Crippen LogP contribution in [0.15, 0.2) is 0 Å². The van der Waals surface area contributed by atoms with Gasteiger partial charge >= 0.3 is 5.97 Å². The molecule has 0 bridgehead atoms. The molecule has 0 aromatic heterocycles. The van der Waals surface area contributed by atoms with Gasteiger partial charge in [-0.15, -0.1) is 11.8 Å². The van der Waals surface area contributed by atoms with Crippen molar-refractivity contribution in [2.24, 2.45) is 5.92 Å². The van der Waals surface area contributed by atoms with E-state index in [1.54, 1.807) is 0 Å². The largest absolute Gasteiger partial charge is 0.480 e. The number of fused-ring (bicyclic) bond motifs is 1. The van der Waals surface area contributed by atoms with Crippen LogP contribution < -0.4 is 5.32 Å². The summed E-state index contributed by atoms with van der Waals surface area (Å²) in [6, 6.07) is -1.44. The van der Waals surface area contributed by atoms with Gasteiger partial charge in [0.15, 0.2) is 0 Å². The van der Waals surface area contributed by atoms with Gasteiger partial charge in [-0.25, -0.2) is 4.79 Å². The van der Waals surface area contributed by atoms with Crippen LogP contribution in [0.5, 0.6) is 0 Å². The summed E-state index contributed by atoms with van der Waals surface area (Å²) >= 11 is 5.86. The average molecular weight is 361 g/mol. The lowest BCUT2D eigenvalue weighted by Crippen LogP contribution is -2.54. The molecule has 5 atom stereocenters. The van der Waals surface area contributed by atoms with Gasteiger partial charge in [-0.05, 0) is 25.2 Å². The third-order valence-electron chi connectivity index (χ3n) is 4.64. The van der Waals surface area contributed by atoms with Crippen LogP contribution in [-0.4, -0.2) is 56.3 Å². The summed E-state index contributed by atoms with van der Waals surface area (Å²) in [6.07, 6.45) is 2.93. The number of aliphatic carboxylic acids is 1. The summed E-state index contributed by atoms with van der Waals surface area (Å²) in [5, 5.41) is 11.5. The minimum absolute atomic E-state index is 0.0909. The summed E-state index contributed by atoms with van der Waals surface area (Å²) in [5.74, 6) is -0.983. The van der Waals surface area contributed by atoms with Crippen LogP contribution in [-0.2, 0) is 14.4 Å². The molecule has 2 amide bonds. The Kier molecular flexibility index (Phi) is 6.25. The molecule has 6 nitrogen and oxygen atoms in total. The summed E-state index contributed by atoms with van der Waals surface area (Å²) < 4.78 is 0.